The van der Waals surface area contributed by atoms with Gasteiger partial charge in [-0.25, -0.2) is 0 Å². The fraction of sp³-hybridized carbons (Fsp3) is 0.750. The van der Waals surface area contributed by atoms with Gasteiger partial charge in [-0.3, -0.25) is 0 Å². The first-order valence-corrected chi connectivity index (χ1v) is 4.54. The van der Waals surface area contributed by atoms with Gasteiger partial charge in [0.25, 0.3) is 0 Å². The van der Waals surface area contributed by atoms with E-state index in [9.17, 15) is 0 Å². The Bertz CT molecular complexity index is 124. The van der Waals surface area contributed by atoms with E-state index in [4.69, 9.17) is 6.42 Å². The van der Waals surface area contributed by atoms with Gasteiger partial charge in [0, 0.05) is 11.3 Å². The molecule has 2 heteroatoms. The minimum atomic E-state index is 0.302. The maximum Gasteiger partial charge on any atom is 0.0574 e. The van der Waals surface area contributed by atoms with Crippen LogP contribution in [0.2, 0.25) is 0 Å². The smallest absolute Gasteiger partial charge is 0.0574 e. The van der Waals surface area contributed by atoms with Gasteiger partial charge in [-0.2, -0.15) is 11.8 Å². The van der Waals surface area contributed by atoms with Crippen molar-refractivity contribution in [3.05, 3.63) is 0 Å². The molecule has 0 aliphatic rings. The Morgan fingerprint density at radius 3 is 2.60 bits per heavy atom. The molecule has 0 atom stereocenters. The van der Waals surface area contributed by atoms with E-state index < -0.39 is 0 Å². The summed E-state index contributed by atoms with van der Waals surface area (Å²) in [7, 11) is 0. The van der Waals surface area contributed by atoms with Crippen molar-refractivity contribution in [2.45, 2.75) is 18.6 Å². The second kappa shape index (κ2) is 4.65. The minimum Gasteiger partial charge on any atom is -0.305 e. The summed E-state index contributed by atoms with van der Waals surface area (Å²) in [5, 5.41) is 3.17. The normalized spacial score (nSPS) is 11.0. The van der Waals surface area contributed by atoms with Crippen LogP contribution in [-0.4, -0.2) is 24.1 Å². The molecule has 58 valence electrons. The molecule has 1 N–H and O–H groups in total. The van der Waals surface area contributed by atoms with Crippen LogP contribution in [0.5, 0.6) is 0 Å². The van der Waals surface area contributed by atoms with Crippen LogP contribution in [0.1, 0.15) is 13.8 Å². The third-order valence-electron chi connectivity index (χ3n) is 1.33. The Morgan fingerprint density at radius 1 is 1.60 bits per heavy atom. The highest BCUT2D eigenvalue weighted by Gasteiger charge is 2.13. The molecule has 0 radical (unpaired) electrons. The van der Waals surface area contributed by atoms with E-state index in [1.807, 2.05) is 11.8 Å². The summed E-state index contributed by atoms with van der Waals surface area (Å²) in [6, 6.07) is 0. The van der Waals surface area contributed by atoms with Gasteiger partial charge in [-0.1, -0.05) is 5.92 Å². The Morgan fingerprint density at radius 2 is 2.20 bits per heavy atom. The average Bonchev–Trinajstić information content (AvgIpc) is 1.89. The minimum absolute atomic E-state index is 0.302. The zero-order chi connectivity index (χ0) is 8.04. The molecule has 0 heterocycles. The van der Waals surface area contributed by atoms with Crippen molar-refractivity contribution in [1.29, 1.82) is 0 Å². The lowest BCUT2D eigenvalue weighted by Crippen LogP contribution is -2.32. The summed E-state index contributed by atoms with van der Waals surface area (Å²) in [5.41, 5.74) is 0. The predicted molar refractivity (Wildman–Crippen MR) is 49.3 cm³/mol. The van der Waals surface area contributed by atoms with E-state index >= 15 is 0 Å². The van der Waals surface area contributed by atoms with E-state index in [-0.39, 0.29) is 0 Å². The molecule has 0 spiro atoms. The third kappa shape index (κ3) is 4.72. The van der Waals surface area contributed by atoms with Crippen molar-refractivity contribution in [1.82, 2.24) is 5.32 Å². The topological polar surface area (TPSA) is 12.0 Å². The summed E-state index contributed by atoms with van der Waals surface area (Å²) < 4.78 is 0.302. The second-order valence-electron chi connectivity index (χ2n) is 2.77. The number of hydrogen-bond donors (Lipinski definition) is 1. The molecular formula is C8H15NS. The van der Waals surface area contributed by atoms with Gasteiger partial charge in [-0.15, -0.1) is 6.42 Å². The molecule has 10 heavy (non-hydrogen) atoms. The molecule has 0 rings (SSSR count). The van der Waals surface area contributed by atoms with Crippen LogP contribution >= 0.6 is 11.8 Å². The monoisotopic (exact) mass is 157 g/mol. The fourth-order valence-corrected chi connectivity index (χ4v) is 0.754. The van der Waals surface area contributed by atoms with Gasteiger partial charge in [0.1, 0.15) is 0 Å². The lowest BCUT2D eigenvalue weighted by atomic mass is 10.2. The quantitative estimate of drug-likeness (QED) is 0.488. The van der Waals surface area contributed by atoms with Crippen molar-refractivity contribution in [2.24, 2.45) is 0 Å². The van der Waals surface area contributed by atoms with Crippen molar-refractivity contribution < 1.29 is 0 Å². The Hall–Kier alpha value is -0.130. The average molecular weight is 157 g/mol. The highest BCUT2D eigenvalue weighted by molar-refractivity contribution is 7.99. The van der Waals surface area contributed by atoms with Crippen molar-refractivity contribution >= 4 is 11.8 Å². The molecule has 0 unspecified atom stereocenters. The van der Waals surface area contributed by atoms with E-state index in [1.165, 1.54) is 0 Å². The molecule has 0 saturated carbocycles. The highest BCUT2D eigenvalue weighted by Crippen LogP contribution is 2.19. The molecule has 0 aromatic rings. The summed E-state index contributed by atoms with van der Waals surface area (Å²) >= 11 is 1.85. The zero-order valence-corrected chi connectivity index (χ0v) is 7.72. The largest absolute Gasteiger partial charge is 0.305 e. The molecule has 0 saturated heterocycles. The van der Waals surface area contributed by atoms with Crippen LogP contribution in [-0.2, 0) is 0 Å². The number of rotatable bonds is 4. The van der Waals surface area contributed by atoms with Crippen molar-refractivity contribution in [2.75, 3.05) is 19.3 Å². The van der Waals surface area contributed by atoms with Gasteiger partial charge in [0.2, 0.25) is 0 Å². The van der Waals surface area contributed by atoms with Gasteiger partial charge >= 0.3 is 0 Å². The summed E-state index contributed by atoms with van der Waals surface area (Å²) in [6.07, 6.45) is 7.19. The molecule has 0 aromatic heterocycles. The lowest BCUT2D eigenvalue weighted by Gasteiger charge is -2.21. The first kappa shape index (κ1) is 9.87. The van der Waals surface area contributed by atoms with Crippen LogP contribution in [0.3, 0.4) is 0 Å². The number of terminal acetylenes is 1. The van der Waals surface area contributed by atoms with Crippen LogP contribution in [0.25, 0.3) is 0 Å². The summed E-state index contributed by atoms with van der Waals surface area (Å²) in [6.45, 7) is 6.03. The summed E-state index contributed by atoms with van der Waals surface area (Å²) in [5.74, 6) is 2.54. The van der Waals surface area contributed by atoms with Crippen LogP contribution in [0.15, 0.2) is 0 Å². The number of thioether (sulfide) groups is 1. The SMILES string of the molecule is C#CCNCC(C)(C)SC. The molecule has 0 bridgehead atoms. The van der Waals surface area contributed by atoms with Crippen LogP contribution in [0.4, 0.5) is 0 Å². The standard InChI is InChI=1S/C8H15NS/c1-5-6-9-7-8(2,3)10-4/h1,9H,6-7H2,2-4H3. The van der Waals surface area contributed by atoms with Gasteiger partial charge in [0.15, 0.2) is 0 Å². The lowest BCUT2D eigenvalue weighted by molar-refractivity contribution is 0.625. The molecule has 0 amide bonds. The second-order valence-corrected chi connectivity index (χ2v) is 4.28. The third-order valence-corrected chi connectivity index (χ3v) is 2.58. The number of hydrogen-bond acceptors (Lipinski definition) is 2. The molecule has 0 aliphatic heterocycles. The fourth-order valence-electron chi connectivity index (χ4n) is 0.508. The van der Waals surface area contributed by atoms with Crippen LogP contribution in [0, 0.1) is 12.3 Å². The Kier molecular flexibility index (Phi) is 4.59. The van der Waals surface area contributed by atoms with Crippen LogP contribution < -0.4 is 5.32 Å². The zero-order valence-electron chi connectivity index (χ0n) is 6.90. The van der Waals surface area contributed by atoms with E-state index in [2.05, 4.69) is 31.3 Å². The van der Waals surface area contributed by atoms with E-state index in [0.717, 1.165) is 6.54 Å². The maximum atomic E-state index is 5.08. The van der Waals surface area contributed by atoms with E-state index in [1.54, 1.807) is 0 Å². The van der Waals surface area contributed by atoms with Gasteiger partial charge < -0.3 is 5.32 Å². The van der Waals surface area contributed by atoms with Gasteiger partial charge in [-0.05, 0) is 20.1 Å². The molecule has 0 aliphatic carbocycles. The van der Waals surface area contributed by atoms with Crippen molar-refractivity contribution in [3.8, 4) is 12.3 Å². The molecule has 0 fully saturated rings. The maximum absolute atomic E-state index is 5.08. The first-order valence-electron chi connectivity index (χ1n) is 3.32. The first-order chi connectivity index (χ1) is 4.62. The highest BCUT2D eigenvalue weighted by atomic mass is 32.2. The van der Waals surface area contributed by atoms with Gasteiger partial charge in [0.05, 0.1) is 6.54 Å². The molecule has 1 nitrogen and oxygen atoms in total. The number of nitrogens with one attached hydrogen (secondary N) is 1. The molecular weight excluding hydrogens is 142 g/mol. The predicted octanol–water partition coefficient (Wildman–Crippen LogP) is 1.35. The molecule has 0 aromatic carbocycles. The summed E-state index contributed by atoms with van der Waals surface area (Å²) in [4.78, 5) is 0. The Balaban J connectivity index is 3.39. The van der Waals surface area contributed by atoms with E-state index in [0.29, 0.717) is 11.3 Å². The van der Waals surface area contributed by atoms with Crippen molar-refractivity contribution in [3.63, 3.8) is 0 Å². The Labute approximate surface area is 68.0 Å².